The Balaban J connectivity index is 0.0000245. The van der Waals surface area contributed by atoms with E-state index in [1.807, 2.05) is 9.80 Å². The van der Waals surface area contributed by atoms with E-state index in [9.17, 15) is 69.6 Å². The SMILES string of the molecule is O=C([O-])CN1CCN(CC(=O)[O-])CCN(CC(O)CN(CCOCCOCCOCCO)CC(O)CN2CCN(CC(=O)[O-])CCN(CC(=O)[O-])CCN(CC(=O)[O-])CC2)CCN(CC(=O)[O-])CC1.[Gd+3].[Gd+3]. The molecule has 2 unspecified atom stereocenters. The van der Waals surface area contributed by atoms with Gasteiger partial charge < -0.3 is 88.9 Å². The normalized spacial score (nSPS) is 18.9. The molecule has 0 aromatic heterocycles. The smallest absolute Gasteiger partial charge is 0.549 e. The van der Waals surface area contributed by atoms with Crippen LogP contribution in [0.3, 0.4) is 0 Å². The first-order valence-electron chi connectivity index (χ1n) is 23.3. The van der Waals surface area contributed by atoms with Crippen molar-refractivity contribution in [3.63, 3.8) is 0 Å². The van der Waals surface area contributed by atoms with Gasteiger partial charge in [-0.15, -0.1) is 0 Å². The number of nitrogens with zero attached hydrogens (tertiary/aromatic N) is 9. The Morgan fingerprint density at radius 3 is 0.817 bits per heavy atom. The summed E-state index contributed by atoms with van der Waals surface area (Å²) in [6, 6.07) is 0. The van der Waals surface area contributed by atoms with Gasteiger partial charge >= 0.3 is 79.9 Å². The van der Waals surface area contributed by atoms with Crippen LogP contribution in [-0.2, 0) is 43.0 Å². The van der Waals surface area contributed by atoms with Gasteiger partial charge in [0.2, 0.25) is 0 Å². The summed E-state index contributed by atoms with van der Waals surface area (Å²) >= 11 is 0. The van der Waals surface area contributed by atoms with E-state index >= 15 is 0 Å². The van der Waals surface area contributed by atoms with Crippen LogP contribution in [0.1, 0.15) is 0 Å². The number of rotatable bonds is 31. The van der Waals surface area contributed by atoms with Crippen LogP contribution in [0.15, 0.2) is 0 Å². The van der Waals surface area contributed by atoms with Gasteiger partial charge in [-0.05, 0) is 0 Å². The molecule has 0 aromatic carbocycles. The van der Waals surface area contributed by atoms with E-state index in [1.54, 1.807) is 24.5 Å². The molecule has 0 aliphatic carbocycles. The standard InChI is InChI=1S/C42H79N9O18.2Gd/c52-18-20-68-22-24-69-23-21-67-19-17-51(27-35(53)25-43-1-5-45(29-37(55)56)9-13-49(33-41(63)64)14-10-46(6-2-43)30-38(57)58)28-36(54)26-44-3-7-47(31-39(59)60)11-15-50(34-42(65)66)16-12-48(8-4-44)32-40(61)62;;/h35-36,52-54H,1-34H2,(H,55,56)(H,57,58)(H,59,60)(H,61,62)(H,63,64)(H,65,66);;/q;2*+3/p-6. The largest absolute Gasteiger partial charge is 3.00 e. The Labute approximate surface area is 479 Å². The molecule has 2 aliphatic rings. The number of carbonyl (C=O) groups is 6. The minimum Gasteiger partial charge on any atom is -0.549 e. The number of carboxylic acid groups (broad SMARTS) is 6. The first kappa shape index (κ1) is 69.9. The van der Waals surface area contributed by atoms with Crippen molar-refractivity contribution in [3.8, 4) is 0 Å². The summed E-state index contributed by atoms with van der Waals surface area (Å²) in [5.74, 6) is -8.04. The molecule has 0 amide bonds. The number of β-amino-alcohol motifs (C(OH)–C–C–N with tert-alkyl or cyclic N) is 2. The van der Waals surface area contributed by atoms with Crippen LogP contribution in [0.5, 0.6) is 0 Å². The van der Waals surface area contributed by atoms with E-state index in [4.69, 9.17) is 19.3 Å². The number of carbonyl (C=O) groups excluding carboxylic acids is 6. The van der Waals surface area contributed by atoms with Gasteiger partial charge in [0.1, 0.15) is 0 Å². The average molecular weight is 1310 g/mol. The van der Waals surface area contributed by atoms with Crippen LogP contribution in [0.2, 0.25) is 0 Å². The Morgan fingerprint density at radius 2 is 0.592 bits per heavy atom. The molecule has 29 heteroatoms. The number of aliphatic hydroxyl groups is 3. The van der Waals surface area contributed by atoms with Gasteiger partial charge in [-0.2, -0.15) is 0 Å². The van der Waals surface area contributed by atoms with E-state index in [-0.39, 0.29) is 264 Å². The molecule has 2 aliphatic heterocycles. The van der Waals surface area contributed by atoms with Crippen LogP contribution in [0.25, 0.3) is 0 Å². The maximum Gasteiger partial charge on any atom is 3.00 e. The summed E-state index contributed by atoms with van der Waals surface area (Å²) in [5.41, 5.74) is 0. The number of ether oxygens (including phenoxy) is 3. The molecule has 0 aromatic rings. The van der Waals surface area contributed by atoms with Crippen LogP contribution >= 0.6 is 0 Å². The quantitative estimate of drug-likeness (QED) is 0.0543. The summed E-state index contributed by atoms with van der Waals surface area (Å²) in [6.45, 7) is 1.81. The Hall–Kier alpha value is -1.13. The maximum atomic E-state index is 11.7. The first-order chi connectivity index (χ1) is 32.9. The fraction of sp³-hybridized carbons (Fsp3) is 0.857. The average Bonchev–Trinajstić information content (AvgIpc) is 3.24. The molecule has 2 radical (unpaired) electrons. The van der Waals surface area contributed by atoms with Crippen molar-refractivity contribution in [1.29, 1.82) is 0 Å². The number of aliphatic carboxylic acids is 6. The fourth-order valence-corrected chi connectivity index (χ4v) is 7.93. The fourth-order valence-electron chi connectivity index (χ4n) is 7.93. The molecule has 2 saturated heterocycles. The summed E-state index contributed by atoms with van der Waals surface area (Å²) in [6.07, 6.45) is -2.13. The number of hydrogen-bond donors (Lipinski definition) is 3. The molecule has 71 heavy (non-hydrogen) atoms. The van der Waals surface area contributed by atoms with E-state index < -0.39 is 87.3 Å². The topological polar surface area (TPSA) is 358 Å². The predicted molar refractivity (Wildman–Crippen MR) is 230 cm³/mol. The molecule has 2 heterocycles. The predicted octanol–water partition coefficient (Wildman–Crippen LogP) is -14.0. The van der Waals surface area contributed by atoms with E-state index in [1.165, 1.54) is 9.80 Å². The maximum absolute atomic E-state index is 11.7. The monoisotopic (exact) mass is 1310 g/mol. The Kier molecular flexibility index (Phi) is 41.4. The second-order valence-electron chi connectivity index (χ2n) is 17.1. The van der Waals surface area contributed by atoms with E-state index in [0.29, 0.717) is 0 Å². The molecule has 410 valence electrons. The van der Waals surface area contributed by atoms with Gasteiger partial charge in [-0.25, -0.2) is 0 Å². The van der Waals surface area contributed by atoms with Crippen LogP contribution in [0.4, 0.5) is 0 Å². The zero-order chi connectivity index (χ0) is 51.0. The third-order valence-electron chi connectivity index (χ3n) is 11.4. The van der Waals surface area contributed by atoms with Crippen molar-refractivity contribution in [3.05, 3.63) is 0 Å². The molecule has 27 nitrogen and oxygen atoms in total. The molecule has 2 rings (SSSR count). The number of aliphatic hydroxyl groups excluding tert-OH is 3. The third kappa shape index (κ3) is 37.3. The summed E-state index contributed by atoms with van der Waals surface area (Å²) in [7, 11) is 0. The van der Waals surface area contributed by atoms with Gasteiger partial charge in [0.25, 0.3) is 0 Å². The van der Waals surface area contributed by atoms with Crippen molar-refractivity contribution in [1.82, 2.24) is 44.1 Å². The zero-order valence-corrected chi connectivity index (χ0v) is 44.9. The van der Waals surface area contributed by atoms with E-state index in [0.717, 1.165) is 0 Å². The van der Waals surface area contributed by atoms with Crippen molar-refractivity contribution < 1.29 is 169 Å². The molecule has 0 bridgehead atoms. The second-order valence-corrected chi connectivity index (χ2v) is 17.1. The van der Waals surface area contributed by atoms with Gasteiger partial charge in [0, 0.05) is 177 Å². The third-order valence-corrected chi connectivity index (χ3v) is 11.4. The van der Waals surface area contributed by atoms with Crippen molar-refractivity contribution in [2.75, 3.05) is 223 Å². The molecule has 2 fully saturated rings. The van der Waals surface area contributed by atoms with Crippen molar-refractivity contribution in [2.24, 2.45) is 0 Å². The van der Waals surface area contributed by atoms with Gasteiger partial charge in [-0.3, -0.25) is 44.1 Å². The Bertz CT molecular complexity index is 1350. The molecular formula is C42H73Gd2N9O18. The van der Waals surface area contributed by atoms with Crippen LogP contribution in [-0.4, -0.2) is 330 Å². The summed E-state index contributed by atoms with van der Waals surface area (Å²) in [5, 5.41) is 102. The zero-order valence-electron chi connectivity index (χ0n) is 40.4. The minimum atomic E-state index is -1.34. The minimum absolute atomic E-state index is 0. The van der Waals surface area contributed by atoms with Crippen LogP contribution in [0, 0.1) is 79.9 Å². The van der Waals surface area contributed by atoms with Crippen molar-refractivity contribution in [2.45, 2.75) is 12.2 Å². The van der Waals surface area contributed by atoms with Crippen molar-refractivity contribution >= 4 is 35.8 Å². The molecule has 0 spiro atoms. The molecule has 3 N–H and O–H groups in total. The second kappa shape index (κ2) is 42.0. The molecule has 0 saturated carbocycles. The van der Waals surface area contributed by atoms with Crippen LogP contribution < -0.4 is 30.6 Å². The number of hydrogen-bond acceptors (Lipinski definition) is 27. The molecular weight excluding hydrogens is 1230 g/mol. The summed E-state index contributed by atoms with van der Waals surface area (Å²) in [4.78, 5) is 84.4. The van der Waals surface area contributed by atoms with Gasteiger partial charge in [0.05, 0.1) is 94.3 Å². The number of carboxylic acids is 6. The first-order valence-corrected chi connectivity index (χ1v) is 23.3. The van der Waals surface area contributed by atoms with E-state index in [2.05, 4.69) is 0 Å². The van der Waals surface area contributed by atoms with Gasteiger partial charge in [-0.1, -0.05) is 0 Å². The summed E-state index contributed by atoms with van der Waals surface area (Å²) < 4.78 is 16.5. The Morgan fingerprint density at radius 1 is 0.380 bits per heavy atom. The van der Waals surface area contributed by atoms with Gasteiger partial charge in [0.15, 0.2) is 0 Å². The molecule has 2 atom stereocenters.